The molecule has 0 aliphatic rings. The van der Waals surface area contributed by atoms with Crippen LogP contribution >= 0.6 is 0 Å². The minimum Gasteiger partial charge on any atom is -0.0885 e. The fraction of sp³-hybridized carbons (Fsp3) is 0.800. The van der Waals surface area contributed by atoms with Gasteiger partial charge in [0.2, 0.25) is 0 Å². The lowest BCUT2D eigenvalue weighted by molar-refractivity contribution is 0.673. The SMILES string of the molecule is CCCC/C=C(/CC/C=C\CCCCCC)CCCC. The molecule has 0 radical (unpaired) electrons. The highest BCUT2D eigenvalue weighted by molar-refractivity contribution is 5.03. The molecule has 0 aliphatic heterocycles. The van der Waals surface area contributed by atoms with E-state index in [9.17, 15) is 0 Å². The van der Waals surface area contributed by atoms with Crippen molar-refractivity contribution in [2.75, 3.05) is 0 Å². The molecule has 0 amide bonds. The van der Waals surface area contributed by atoms with Gasteiger partial charge < -0.3 is 0 Å². The summed E-state index contributed by atoms with van der Waals surface area (Å²) >= 11 is 0. The molecule has 0 heterocycles. The van der Waals surface area contributed by atoms with Crippen molar-refractivity contribution in [2.24, 2.45) is 0 Å². The Morgan fingerprint density at radius 3 is 2.00 bits per heavy atom. The molecular weight excluding hydrogens is 240 g/mol. The van der Waals surface area contributed by atoms with E-state index in [1.165, 1.54) is 83.5 Å². The average Bonchev–Trinajstić information content (AvgIpc) is 2.47. The monoisotopic (exact) mass is 278 g/mol. The molecule has 0 heteroatoms. The molecule has 20 heavy (non-hydrogen) atoms. The van der Waals surface area contributed by atoms with E-state index in [1.54, 1.807) is 5.57 Å². The predicted molar refractivity (Wildman–Crippen MR) is 94.3 cm³/mol. The summed E-state index contributed by atoms with van der Waals surface area (Å²) in [6.07, 6.45) is 24.6. The molecule has 0 unspecified atom stereocenters. The second kappa shape index (κ2) is 16.5. The minimum absolute atomic E-state index is 1.25. The van der Waals surface area contributed by atoms with E-state index in [2.05, 4.69) is 39.0 Å². The normalized spacial score (nSPS) is 12.4. The van der Waals surface area contributed by atoms with Crippen LogP contribution in [0.4, 0.5) is 0 Å². The lowest BCUT2D eigenvalue weighted by Crippen LogP contribution is -1.85. The molecule has 0 spiro atoms. The maximum Gasteiger partial charge on any atom is -0.0286 e. The minimum atomic E-state index is 1.25. The summed E-state index contributed by atoms with van der Waals surface area (Å²) in [5.41, 5.74) is 1.70. The van der Waals surface area contributed by atoms with E-state index in [0.29, 0.717) is 0 Å². The standard InChI is InChI=1S/C20H38/c1-4-7-10-11-12-13-14-16-19-20(17-9-6-3)18-15-8-5-2/h13-14,18H,4-12,15-17,19H2,1-3H3/b14-13-,20-18+. The van der Waals surface area contributed by atoms with Crippen LogP contribution in [-0.2, 0) is 0 Å². The van der Waals surface area contributed by atoms with Crippen molar-refractivity contribution in [3.8, 4) is 0 Å². The highest BCUT2D eigenvalue weighted by atomic mass is 14.0. The second-order valence-corrected chi connectivity index (χ2v) is 5.97. The van der Waals surface area contributed by atoms with E-state index in [0.717, 1.165) is 0 Å². The maximum atomic E-state index is 2.52. The fourth-order valence-corrected chi connectivity index (χ4v) is 2.44. The Bertz CT molecular complexity index is 234. The summed E-state index contributed by atoms with van der Waals surface area (Å²) in [6.45, 7) is 6.85. The first-order chi connectivity index (χ1) is 9.85. The van der Waals surface area contributed by atoms with Gasteiger partial charge in [-0.2, -0.15) is 0 Å². The van der Waals surface area contributed by atoms with Crippen molar-refractivity contribution < 1.29 is 0 Å². The third-order valence-electron chi connectivity index (χ3n) is 3.87. The molecular formula is C20H38. The number of rotatable bonds is 14. The molecule has 0 fully saturated rings. The van der Waals surface area contributed by atoms with E-state index in [1.807, 2.05) is 0 Å². The summed E-state index contributed by atoms with van der Waals surface area (Å²) in [5, 5.41) is 0. The molecule has 0 rings (SSSR count). The summed E-state index contributed by atoms with van der Waals surface area (Å²) in [4.78, 5) is 0. The Kier molecular flexibility index (Phi) is 16.1. The molecule has 0 N–H and O–H groups in total. The van der Waals surface area contributed by atoms with Crippen LogP contribution in [0.15, 0.2) is 23.8 Å². The molecule has 0 atom stereocenters. The van der Waals surface area contributed by atoms with Gasteiger partial charge in [-0.25, -0.2) is 0 Å². The van der Waals surface area contributed by atoms with E-state index >= 15 is 0 Å². The topological polar surface area (TPSA) is 0 Å². The van der Waals surface area contributed by atoms with E-state index < -0.39 is 0 Å². The zero-order valence-corrected chi connectivity index (χ0v) is 14.4. The Hall–Kier alpha value is -0.520. The Morgan fingerprint density at radius 1 is 0.600 bits per heavy atom. The van der Waals surface area contributed by atoms with Gasteiger partial charge in [0.15, 0.2) is 0 Å². The highest BCUT2D eigenvalue weighted by Crippen LogP contribution is 2.16. The van der Waals surface area contributed by atoms with Gasteiger partial charge in [-0.3, -0.25) is 0 Å². The molecule has 0 aromatic heterocycles. The summed E-state index contributed by atoms with van der Waals surface area (Å²) in [5.74, 6) is 0. The molecule has 0 aromatic carbocycles. The van der Waals surface area contributed by atoms with Gasteiger partial charge in [0, 0.05) is 0 Å². The van der Waals surface area contributed by atoms with Crippen molar-refractivity contribution >= 4 is 0 Å². The number of hydrogen-bond acceptors (Lipinski definition) is 0. The molecule has 0 saturated carbocycles. The van der Waals surface area contributed by atoms with Gasteiger partial charge in [0.25, 0.3) is 0 Å². The molecule has 0 aromatic rings. The third-order valence-corrected chi connectivity index (χ3v) is 3.87. The lowest BCUT2D eigenvalue weighted by atomic mass is 10.0. The highest BCUT2D eigenvalue weighted by Gasteiger charge is 1.96. The van der Waals surface area contributed by atoms with Gasteiger partial charge in [0.1, 0.15) is 0 Å². The van der Waals surface area contributed by atoms with Gasteiger partial charge in [-0.05, 0) is 44.9 Å². The van der Waals surface area contributed by atoms with Gasteiger partial charge in [-0.1, -0.05) is 83.1 Å². The van der Waals surface area contributed by atoms with Crippen molar-refractivity contribution in [1.29, 1.82) is 0 Å². The first kappa shape index (κ1) is 19.5. The van der Waals surface area contributed by atoms with Gasteiger partial charge in [0.05, 0.1) is 0 Å². The summed E-state index contributed by atoms with van der Waals surface area (Å²) < 4.78 is 0. The van der Waals surface area contributed by atoms with Crippen LogP contribution in [0, 0.1) is 0 Å². The zero-order chi connectivity index (χ0) is 14.9. The second-order valence-electron chi connectivity index (χ2n) is 5.97. The van der Waals surface area contributed by atoms with Crippen molar-refractivity contribution in [2.45, 2.75) is 104 Å². The predicted octanol–water partition coefficient (Wildman–Crippen LogP) is 7.60. The largest absolute Gasteiger partial charge is 0.0885 e. The molecule has 0 saturated heterocycles. The Labute approximate surface area is 128 Å². The van der Waals surface area contributed by atoms with Crippen LogP contribution in [0.1, 0.15) is 104 Å². The van der Waals surface area contributed by atoms with Crippen molar-refractivity contribution in [3.05, 3.63) is 23.8 Å². The number of unbranched alkanes of at least 4 members (excludes halogenated alkanes) is 7. The lowest BCUT2D eigenvalue weighted by Gasteiger charge is -2.05. The summed E-state index contributed by atoms with van der Waals surface area (Å²) in [6, 6.07) is 0. The molecule has 0 aliphatic carbocycles. The molecule has 0 bridgehead atoms. The fourth-order valence-electron chi connectivity index (χ4n) is 2.44. The zero-order valence-electron chi connectivity index (χ0n) is 14.4. The van der Waals surface area contributed by atoms with Crippen molar-refractivity contribution in [1.82, 2.24) is 0 Å². The van der Waals surface area contributed by atoms with Gasteiger partial charge in [-0.15, -0.1) is 0 Å². The first-order valence-electron chi connectivity index (χ1n) is 9.18. The van der Waals surface area contributed by atoms with Gasteiger partial charge >= 0.3 is 0 Å². The smallest absolute Gasteiger partial charge is 0.0286 e. The van der Waals surface area contributed by atoms with Crippen LogP contribution in [0.5, 0.6) is 0 Å². The van der Waals surface area contributed by atoms with Crippen LogP contribution in [0.3, 0.4) is 0 Å². The van der Waals surface area contributed by atoms with E-state index in [-0.39, 0.29) is 0 Å². The maximum absolute atomic E-state index is 2.52. The van der Waals surface area contributed by atoms with E-state index in [4.69, 9.17) is 0 Å². The third kappa shape index (κ3) is 13.9. The Morgan fingerprint density at radius 2 is 1.30 bits per heavy atom. The number of hydrogen-bond donors (Lipinski definition) is 0. The molecule has 118 valence electrons. The Balaban J connectivity index is 3.76. The number of allylic oxidation sites excluding steroid dienone is 4. The van der Waals surface area contributed by atoms with Crippen LogP contribution in [-0.4, -0.2) is 0 Å². The quantitative estimate of drug-likeness (QED) is 0.227. The first-order valence-corrected chi connectivity index (χ1v) is 9.18. The average molecular weight is 279 g/mol. The molecule has 0 nitrogen and oxygen atoms in total. The van der Waals surface area contributed by atoms with Crippen LogP contribution in [0.25, 0.3) is 0 Å². The van der Waals surface area contributed by atoms with Crippen LogP contribution < -0.4 is 0 Å². The van der Waals surface area contributed by atoms with Crippen LogP contribution in [0.2, 0.25) is 0 Å². The van der Waals surface area contributed by atoms with Crippen molar-refractivity contribution in [3.63, 3.8) is 0 Å². The summed E-state index contributed by atoms with van der Waals surface area (Å²) in [7, 11) is 0.